The van der Waals surface area contributed by atoms with Crippen LogP contribution in [0.25, 0.3) is 10.9 Å². The highest BCUT2D eigenvalue weighted by molar-refractivity contribution is 6.31. The van der Waals surface area contributed by atoms with Crippen molar-refractivity contribution in [1.29, 1.82) is 0 Å². The zero-order valence-corrected chi connectivity index (χ0v) is 16.9. The van der Waals surface area contributed by atoms with Crippen LogP contribution >= 0.6 is 11.6 Å². The second-order valence-electron chi connectivity index (χ2n) is 6.32. The molecule has 0 aliphatic heterocycles. The average Bonchev–Trinajstić information content (AvgIpc) is 2.70. The van der Waals surface area contributed by atoms with Gasteiger partial charge in [-0.1, -0.05) is 29.8 Å². The van der Waals surface area contributed by atoms with Crippen molar-refractivity contribution in [1.82, 2.24) is 4.98 Å². The number of halogens is 1. The maximum Gasteiger partial charge on any atom is 0.163 e. The number of hydrogen-bond acceptors (Lipinski definition) is 5. The first-order chi connectivity index (χ1) is 13.7. The van der Waals surface area contributed by atoms with E-state index in [0.717, 1.165) is 22.2 Å². The number of ether oxygens (including phenoxy) is 2. The van der Waals surface area contributed by atoms with Gasteiger partial charge in [-0.3, -0.25) is 4.98 Å². The van der Waals surface area contributed by atoms with E-state index in [1.165, 1.54) is 0 Å². The van der Waals surface area contributed by atoms with E-state index in [4.69, 9.17) is 21.1 Å². The Kier molecular flexibility index (Phi) is 6.95. The molecule has 6 heteroatoms. The van der Waals surface area contributed by atoms with Crippen molar-refractivity contribution in [3.05, 3.63) is 59.2 Å². The SMILES string of the molecule is CCOc1cc2nccc(NCC(CO)c3ccccc3Cl)c2cc1OCC. The van der Waals surface area contributed by atoms with Crippen LogP contribution in [-0.4, -0.2) is 36.5 Å². The smallest absolute Gasteiger partial charge is 0.163 e. The molecule has 3 aromatic rings. The minimum absolute atomic E-state index is 0.00155. The fourth-order valence-corrected chi connectivity index (χ4v) is 3.45. The van der Waals surface area contributed by atoms with Crippen molar-refractivity contribution in [3.63, 3.8) is 0 Å². The van der Waals surface area contributed by atoms with Gasteiger partial charge in [-0.25, -0.2) is 0 Å². The summed E-state index contributed by atoms with van der Waals surface area (Å²) in [5, 5.41) is 14.9. The lowest BCUT2D eigenvalue weighted by Gasteiger charge is -2.19. The quantitative estimate of drug-likeness (QED) is 0.536. The minimum Gasteiger partial charge on any atom is -0.490 e. The van der Waals surface area contributed by atoms with E-state index in [1.54, 1.807) is 6.20 Å². The van der Waals surface area contributed by atoms with Crippen molar-refractivity contribution in [3.8, 4) is 11.5 Å². The third kappa shape index (κ3) is 4.49. The molecule has 0 fully saturated rings. The zero-order valence-electron chi connectivity index (χ0n) is 16.1. The first-order valence-corrected chi connectivity index (χ1v) is 9.83. The van der Waals surface area contributed by atoms with Gasteiger partial charge < -0.3 is 19.9 Å². The Bertz CT molecular complexity index is 933. The number of pyridine rings is 1. The molecule has 28 heavy (non-hydrogen) atoms. The predicted octanol–water partition coefficient (Wildman–Crippen LogP) is 4.87. The number of aromatic nitrogens is 1. The molecule has 3 rings (SSSR count). The van der Waals surface area contributed by atoms with E-state index in [-0.39, 0.29) is 12.5 Å². The second kappa shape index (κ2) is 9.62. The van der Waals surface area contributed by atoms with Gasteiger partial charge in [0, 0.05) is 40.8 Å². The van der Waals surface area contributed by atoms with Crippen LogP contribution in [0.15, 0.2) is 48.7 Å². The van der Waals surface area contributed by atoms with Gasteiger partial charge in [0.05, 0.1) is 25.3 Å². The van der Waals surface area contributed by atoms with Crippen LogP contribution in [0.5, 0.6) is 11.5 Å². The van der Waals surface area contributed by atoms with Gasteiger partial charge in [-0.05, 0) is 37.6 Å². The maximum absolute atomic E-state index is 9.86. The second-order valence-corrected chi connectivity index (χ2v) is 6.73. The average molecular weight is 401 g/mol. The van der Waals surface area contributed by atoms with Gasteiger partial charge in [0.15, 0.2) is 11.5 Å². The lowest BCUT2D eigenvalue weighted by Crippen LogP contribution is -2.16. The Hall–Kier alpha value is -2.50. The van der Waals surface area contributed by atoms with Gasteiger partial charge in [0.2, 0.25) is 0 Å². The molecular weight excluding hydrogens is 376 g/mol. The van der Waals surface area contributed by atoms with E-state index in [9.17, 15) is 5.11 Å². The Morgan fingerprint density at radius 3 is 2.46 bits per heavy atom. The van der Waals surface area contributed by atoms with Gasteiger partial charge >= 0.3 is 0 Å². The summed E-state index contributed by atoms with van der Waals surface area (Å²) in [7, 11) is 0. The molecule has 0 radical (unpaired) electrons. The molecule has 2 N–H and O–H groups in total. The largest absolute Gasteiger partial charge is 0.490 e. The molecule has 1 atom stereocenters. The topological polar surface area (TPSA) is 63.6 Å². The third-order valence-corrected chi connectivity index (χ3v) is 4.86. The molecule has 1 heterocycles. The number of nitrogens with zero attached hydrogens (tertiary/aromatic N) is 1. The lowest BCUT2D eigenvalue weighted by molar-refractivity contribution is 0.270. The monoisotopic (exact) mass is 400 g/mol. The summed E-state index contributed by atoms with van der Waals surface area (Å²) < 4.78 is 11.4. The fraction of sp³-hybridized carbons (Fsp3) is 0.318. The Labute approximate surface area is 170 Å². The van der Waals surface area contributed by atoms with Crippen molar-refractivity contribution < 1.29 is 14.6 Å². The number of hydrogen-bond donors (Lipinski definition) is 2. The molecule has 0 saturated carbocycles. The van der Waals surface area contributed by atoms with E-state index in [0.29, 0.717) is 36.3 Å². The summed E-state index contributed by atoms with van der Waals surface area (Å²) in [6, 6.07) is 13.3. The number of nitrogens with one attached hydrogen (secondary N) is 1. The Morgan fingerprint density at radius 1 is 1.07 bits per heavy atom. The number of benzene rings is 2. The molecule has 2 aromatic carbocycles. The maximum atomic E-state index is 9.86. The van der Waals surface area contributed by atoms with Gasteiger partial charge in [0.1, 0.15) is 0 Å². The Morgan fingerprint density at radius 2 is 1.79 bits per heavy atom. The normalized spacial score (nSPS) is 12.0. The van der Waals surface area contributed by atoms with Crippen molar-refractivity contribution in [2.24, 2.45) is 0 Å². The van der Waals surface area contributed by atoms with Crippen LogP contribution < -0.4 is 14.8 Å². The van der Waals surface area contributed by atoms with Crippen molar-refractivity contribution >= 4 is 28.2 Å². The third-order valence-electron chi connectivity index (χ3n) is 4.51. The summed E-state index contributed by atoms with van der Waals surface area (Å²) in [6.45, 7) is 5.52. The molecule has 0 saturated heterocycles. The number of aliphatic hydroxyl groups is 1. The van der Waals surface area contributed by atoms with Crippen molar-refractivity contribution in [2.45, 2.75) is 19.8 Å². The fourth-order valence-electron chi connectivity index (χ4n) is 3.16. The molecule has 148 valence electrons. The summed E-state index contributed by atoms with van der Waals surface area (Å²) in [5.41, 5.74) is 2.65. The van der Waals surface area contributed by atoms with E-state index in [1.807, 2.05) is 56.3 Å². The molecule has 0 aliphatic rings. The lowest BCUT2D eigenvalue weighted by atomic mass is 9.99. The summed E-state index contributed by atoms with van der Waals surface area (Å²) in [4.78, 5) is 4.46. The summed E-state index contributed by atoms with van der Waals surface area (Å²) in [5.74, 6) is 1.26. The summed E-state index contributed by atoms with van der Waals surface area (Å²) in [6.07, 6.45) is 1.75. The van der Waals surface area contributed by atoms with Crippen LogP contribution in [0.3, 0.4) is 0 Å². The molecule has 0 bridgehead atoms. The first-order valence-electron chi connectivity index (χ1n) is 9.45. The standard InChI is InChI=1S/C22H25ClN2O3/c1-3-27-21-11-17-19(9-10-24-20(17)12-22(21)28-4-2)25-13-15(14-26)16-7-5-6-8-18(16)23/h5-12,15,26H,3-4,13-14H2,1-2H3,(H,24,25). The molecular formula is C22H25ClN2O3. The molecule has 0 spiro atoms. The highest BCUT2D eigenvalue weighted by atomic mass is 35.5. The van der Waals surface area contributed by atoms with Crippen LogP contribution in [0.4, 0.5) is 5.69 Å². The van der Waals surface area contributed by atoms with Gasteiger partial charge in [-0.15, -0.1) is 0 Å². The first kappa shape index (κ1) is 20.2. The van der Waals surface area contributed by atoms with Crippen LogP contribution in [-0.2, 0) is 0 Å². The van der Waals surface area contributed by atoms with E-state index < -0.39 is 0 Å². The van der Waals surface area contributed by atoms with E-state index in [2.05, 4.69) is 10.3 Å². The summed E-state index contributed by atoms with van der Waals surface area (Å²) >= 11 is 6.30. The van der Waals surface area contributed by atoms with Gasteiger partial charge in [-0.2, -0.15) is 0 Å². The molecule has 0 amide bonds. The molecule has 5 nitrogen and oxygen atoms in total. The highest BCUT2D eigenvalue weighted by Crippen LogP contribution is 2.35. The number of aliphatic hydroxyl groups excluding tert-OH is 1. The molecule has 1 aromatic heterocycles. The predicted molar refractivity (Wildman–Crippen MR) is 114 cm³/mol. The van der Waals surface area contributed by atoms with Gasteiger partial charge in [0.25, 0.3) is 0 Å². The molecule has 1 unspecified atom stereocenters. The highest BCUT2D eigenvalue weighted by Gasteiger charge is 2.15. The number of rotatable bonds is 9. The number of fused-ring (bicyclic) bond motifs is 1. The molecule has 0 aliphatic carbocycles. The van der Waals surface area contributed by atoms with Crippen LogP contribution in [0, 0.1) is 0 Å². The van der Waals surface area contributed by atoms with E-state index >= 15 is 0 Å². The Balaban J connectivity index is 1.90. The van der Waals surface area contributed by atoms with Crippen molar-refractivity contribution in [2.75, 3.05) is 31.7 Å². The zero-order chi connectivity index (χ0) is 19.9. The van der Waals surface area contributed by atoms with Crippen LogP contribution in [0.2, 0.25) is 5.02 Å². The van der Waals surface area contributed by atoms with Crippen LogP contribution in [0.1, 0.15) is 25.3 Å². The minimum atomic E-state index is -0.119. The number of anilines is 1.